The predicted octanol–water partition coefficient (Wildman–Crippen LogP) is 2.96. The minimum absolute atomic E-state index is 0.0886. The summed E-state index contributed by atoms with van der Waals surface area (Å²) in [5.41, 5.74) is 0. The van der Waals surface area contributed by atoms with Crippen LogP contribution in [0.25, 0.3) is 0 Å². The smallest absolute Gasteiger partial charge is 0.114 e. The molecule has 0 radical (unpaired) electrons. The van der Waals surface area contributed by atoms with Crippen LogP contribution in [-0.2, 0) is 9.47 Å². The van der Waals surface area contributed by atoms with E-state index < -0.39 is 24.4 Å². The number of aliphatic hydroxyl groups excluding tert-OH is 3. The lowest BCUT2D eigenvalue weighted by molar-refractivity contribution is -0.210. The maximum atomic E-state index is 10.0. The number of aliphatic hydroxyl groups is 3. The van der Waals surface area contributed by atoms with Gasteiger partial charge in [0.25, 0.3) is 0 Å². The van der Waals surface area contributed by atoms with Gasteiger partial charge in [-0.05, 0) is 25.7 Å². The Morgan fingerprint density at radius 3 is 2.28 bits per heavy atom. The molecule has 0 aliphatic carbocycles. The van der Waals surface area contributed by atoms with Crippen LogP contribution < -0.4 is 0 Å². The first-order chi connectivity index (χ1) is 12.2. The summed E-state index contributed by atoms with van der Waals surface area (Å²) in [7, 11) is 0. The van der Waals surface area contributed by atoms with E-state index in [1.165, 1.54) is 44.9 Å². The van der Waals surface area contributed by atoms with Gasteiger partial charge in [0.05, 0.1) is 13.2 Å². The molecule has 0 spiro atoms. The van der Waals surface area contributed by atoms with Gasteiger partial charge < -0.3 is 24.8 Å². The van der Waals surface area contributed by atoms with Gasteiger partial charge in [-0.2, -0.15) is 0 Å². The van der Waals surface area contributed by atoms with Crippen LogP contribution in [0.5, 0.6) is 0 Å². The van der Waals surface area contributed by atoms with Gasteiger partial charge in [0.1, 0.15) is 24.4 Å². The Morgan fingerprint density at radius 2 is 1.60 bits per heavy atom. The maximum Gasteiger partial charge on any atom is 0.114 e. The average molecular weight is 359 g/mol. The summed E-state index contributed by atoms with van der Waals surface area (Å²) in [5.74, 6) is 0. The van der Waals surface area contributed by atoms with Crippen molar-refractivity contribution in [3.8, 4) is 0 Å². The molecule has 1 heterocycles. The topological polar surface area (TPSA) is 79.2 Å². The lowest BCUT2D eigenvalue weighted by Crippen LogP contribution is -2.55. The molecule has 1 saturated heterocycles. The zero-order chi connectivity index (χ0) is 18.3. The summed E-state index contributed by atoms with van der Waals surface area (Å²) in [4.78, 5) is 0. The van der Waals surface area contributed by atoms with Gasteiger partial charge in [-0.3, -0.25) is 0 Å². The molecule has 1 fully saturated rings. The lowest BCUT2D eigenvalue weighted by Gasteiger charge is -2.37. The van der Waals surface area contributed by atoms with Crippen molar-refractivity contribution in [2.45, 2.75) is 95.5 Å². The largest absolute Gasteiger partial charge is 0.394 e. The van der Waals surface area contributed by atoms with E-state index in [9.17, 15) is 10.2 Å². The molecule has 0 aromatic rings. The van der Waals surface area contributed by atoms with Crippen LogP contribution in [0.1, 0.15) is 71.1 Å². The molecule has 0 aromatic carbocycles. The van der Waals surface area contributed by atoms with Crippen molar-refractivity contribution >= 4 is 0 Å². The number of hydrogen-bond acceptors (Lipinski definition) is 5. The predicted molar refractivity (Wildman–Crippen MR) is 99.6 cm³/mol. The Hall–Kier alpha value is -0.460. The monoisotopic (exact) mass is 358 g/mol. The van der Waals surface area contributed by atoms with E-state index in [0.29, 0.717) is 6.61 Å². The zero-order valence-corrected chi connectivity index (χ0v) is 15.8. The van der Waals surface area contributed by atoms with Crippen molar-refractivity contribution in [3.05, 3.63) is 12.2 Å². The molecule has 5 nitrogen and oxygen atoms in total. The Bertz CT molecular complexity index is 334. The molecule has 3 N–H and O–H groups in total. The molecule has 0 amide bonds. The first-order valence-corrected chi connectivity index (χ1v) is 10.1. The van der Waals surface area contributed by atoms with E-state index in [1.807, 2.05) is 0 Å². The first kappa shape index (κ1) is 22.6. The summed E-state index contributed by atoms with van der Waals surface area (Å²) >= 11 is 0. The van der Waals surface area contributed by atoms with E-state index in [-0.39, 0.29) is 13.2 Å². The zero-order valence-electron chi connectivity index (χ0n) is 15.8. The van der Waals surface area contributed by atoms with Crippen molar-refractivity contribution in [1.29, 1.82) is 0 Å². The third-order valence-corrected chi connectivity index (χ3v) is 4.72. The minimum Gasteiger partial charge on any atom is -0.394 e. The molecule has 0 aromatic heterocycles. The van der Waals surface area contributed by atoms with E-state index >= 15 is 0 Å². The second kappa shape index (κ2) is 14.7. The molecule has 5 heteroatoms. The number of hydrogen-bond donors (Lipinski definition) is 3. The Morgan fingerprint density at radius 1 is 0.960 bits per heavy atom. The summed E-state index contributed by atoms with van der Waals surface area (Å²) in [6, 6.07) is 0. The second-order valence-electron chi connectivity index (χ2n) is 6.97. The molecule has 148 valence electrons. The van der Waals surface area contributed by atoms with E-state index in [2.05, 4.69) is 19.1 Å². The number of rotatable bonds is 14. The Balaban J connectivity index is 1.98. The molecule has 0 saturated carbocycles. The van der Waals surface area contributed by atoms with Gasteiger partial charge >= 0.3 is 0 Å². The number of ether oxygens (including phenoxy) is 2. The van der Waals surface area contributed by atoms with Crippen LogP contribution in [-0.4, -0.2) is 59.6 Å². The van der Waals surface area contributed by atoms with Gasteiger partial charge in [0.15, 0.2) is 0 Å². The van der Waals surface area contributed by atoms with Crippen molar-refractivity contribution in [2.75, 3.05) is 19.8 Å². The molecule has 25 heavy (non-hydrogen) atoms. The van der Waals surface area contributed by atoms with Crippen molar-refractivity contribution in [1.82, 2.24) is 0 Å². The molecular weight excluding hydrogens is 320 g/mol. The normalized spacial score (nSPS) is 27.2. The highest BCUT2D eigenvalue weighted by Gasteiger charge is 2.38. The first-order valence-electron chi connectivity index (χ1n) is 10.1. The van der Waals surface area contributed by atoms with Crippen molar-refractivity contribution in [3.63, 3.8) is 0 Å². The minimum atomic E-state index is -0.985. The van der Waals surface area contributed by atoms with E-state index in [4.69, 9.17) is 14.6 Å². The molecule has 0 bridgehead atoms. The SMILES string of the molecule is CCCCCCCCC/C=C/CCCO[C@@H]1[C@@H](O)[C@H](CO)OC[C@H]1O. The highest BCUT2D eigenvalue weighted by atomic mass is 16.6. The third kappa shape index (κ3) is 9.71. The van der Waals surface area contributed by atoms with Crippen molar-refractivity contribution in [2.24, 2.45) is 0 Å². The van der Waals surface area contributed by atoms with Gasteiger partial charge in [-0.1, -0.05) is 57.6 Å². The van der Waals surface area contributed by atoms with Crippen LogP contribution in [0.4, 0.5) is 0 Å². The van der Waals surface area contributed by atoms with Gasteiger partial charge in [-0.15, -0.1) is 0 Å². The van der Waals surface area contributed by atoms with Crippen LogP contribution in [0.15, 0.2) is 12.2 Å². The van der Waals surface area contributed by atoms with Crippen LogP contribution in [0.2, 0.25) is 0 Å². The van der Waals surface area contributed by atoms with Crippen molar-refractivity contribution < 1.29 is 24.8 Å². The maximum absolute atomic E-state index is 10.0. The molecule has 0 unspecified atom stereocenters. The Kier molecular flexibility index (Phi) is 13.3. The summed E-state index contributed by atoms with van der Waals surface area (Å²) in [6.07, 6.45) is 13.6. The Labute approximate surface area is 153 Å². The van der Waals surface area contributed by atoms with Gasteiger partial charge in [-0.25, -0.2) is 0 Å². The van der Waals surface area contributed by atoms with Gasteiger partial charge in [0, 0.05) is 6.61 Å². The summed E-state index contributed by atoms with van der Waals surface area (Å²) in [6.45, 7) is 2.55. The quantitative estimate of drug-likeness (QED) is 0.329. The lowest BCUT2D eigenvalue weighted by atomic mass is 10.0. The fourth-order valence-electron chi connectivity index (χ4n) is 3.10. The molecular formula is C20H38O5. The summed E-state index contributed by atoms with van der Waals surface area (Å²) in [5, 5.41) is 29.0. The average Bonchev–Trinajstić information content (AvgIpc) is 2.61. The van der Waals surface area contributed by atoms with Crippen LogP contribution in [0, 0.1) is 0 Å². The number of unbranched alkanes of at least 4 members (excludes halogenated alkanes) is 8. The fourth-order valence-corrected chi connectivity index (χ4v) is 3.10. The van der Waals surface area contributed by atoms with Crippen LogP contribution in [0.3, 0.4) is 0 Å². The van der Waals surface area contributed by atoms with E-state index in [0.717, 1.165) is 19.3 Å². The second-order valence-corrected chi connectivity index (χ2v) is 6.97. The molecule has 1 rings (SSSR count). The van der Waals surface area contributed by atoms with Crippen LogP contribution >= 0.6 is 0 Å². The molecule has 4 atom stereocenters. The van der Waals surface area contributed by atoms with E-state index in [1.54, 1.807) is 0 Å². The number of allylic oxidation sites excluding steroid dienone is 2. The fraction of sp³-hybridized carbons (Fsp3) is 0.900. The third-order valence-electron chi connectivity index (χ3n) is 4.72. The standard InChI is InChI=1S/C20H38O5/c1-2-3-4-5-6-7-8-9-10-11-12-13-14-24-20-17(22)16-25-18(15-21)19(20)23/h10-11,17-23H,2-9,12-16H2,1H3/b11-10+/t17-,18+,19+,20+/m1/s1. The molecule has 1 aliphatic heterocycles. The molecule has 1 aliphatic rings. The summed E-state index contributed by atoms with van der Waals surface area (Å²) < 4.78 is 10.8. The van der Waals surface area contributed by atoms with Gasteiger partial charge in [0.2, 0.25) is 0 Å². The highest BCUT2D eigenvalue weighted by Crippen LogP contribution is 2.18. The highest BCUT2D eigenvalue weighted by molar-refractivity contribution is 4.88.